The van der Waals surface area contributed by atoms with Crippen molar-refractivity contribution in [3.63, 3.8) is 0 Å². The van der Waals surface area contributed by atoms with E-state index < -0.39 is 5.97 Å². The molecule has 0 unspecified atom stereocenters. The molecular weight excluding hydrogens is 332 g/mol. The molecule has 138 valence electrons. The van der Waals surface area contributed by atoms with Crippen molar-refractivity contribution in [2.75, 3.05) is 24.6 Å². The van der Waals surface area contributed by atoms with Crippen molar-refractivity contribution in [1.82, 2.24) is 4.98 Å². The van der Waals surface area contributed by atoms with E-state index in [1.807, 2.05) is 6.07 Å². The highest BCUT2D eigenvalue weighted by Gasteiger charge is 2.22. The first-order chi connectivity index (χ1) is 12.6. The average molecular weight is 356 g/mol. The highest BCUT2D eigenvalue weighted by atomic mass is 16.5. The predicted octanol–water partition coefficient (Wildman–Crippen LogP) is 3.04. The lowest BCUT2D eigenvalue weighted by molar-refractivity contribution is -0.137. The number of aliphatic carboxylic acids is 1. The minimum absolute atomic E-state index is 0.0722. The largest absolute Gasteiger partial charge is 0.487 e. The first-order valence-electron chi connectivity index (χ1n) is 8.82. The standard InChI is InChI=1S/C20H24N2O4/c1-15-2-4-16(5-3-15)14-26-19-10-17(11-21-12-19)22-8-9-25-18(13-22)6-7-20(23)24/h2-5,10-12,18H,6-9,13-14H2,1H3,(H,23,24)/t18-/m0/s1. The van der Waals surface area contributed by atoms with Crippen molar-refractivity contribution in [1.29, 1.82) is 0 Å². The van der Waals surface area contributed by atoms with Gasteiger partial charge in [-0.2, -0.15) is 0 Å². The molecule has 0 spiro atoms. The number of carboxylic acids is 1. The Morgan fingerprint density at radius 2 is 2.15 bits per heavy atom. The number of benzene rings is 1. The highest BCUT2D eigenvalue weighted by Crippen LogP contribution is 2.23. The van der Waals surface area contributed by atoms with Crippen LogP contribution < -0.4 is 9.64 Å². The molecule has 1 aliphatic rings. The summed E-state index contributed by atoms with van der Waals surface area (Å²) < 4.78 is 11.5. The molecule has 0 saturated carbocycles. The minimum atomic E-state index is -0.793. The number of aromatic nitrogens is 1. The van der Waals surface area contributed by atoms with Crippen LogP contribution in [-0.2, 0) is 16.1 Å². The summed E-state index contributed by atoms with van der Waals surface area (Å²) in [5.74, 6) is -0.0736. The van der Waals surface area contributed by atoms with Gasteiger partial charge in [0.05, 0.1) is 30.8 Å². The van der Waals surface area contributed by atoms with E-state index in [1.165, 1.54) is 5.56 Å². The number of carboxylic acid groups (broad SMARTS) is 1. The number of morpholine rings is 1. The van der Waals surface area contributed by atoms with Crippen LogP contribution in [0.15, 0.2) is 42.7 Å². The topological polar surface area (TPSA) is 71.9 Å². The Labute approximate surface area is 153 Å². The van der Waals surface area contributed by atoms with Crippen LogP contribution in [0.25, 0.3) is 0 Å². The molecule has 1 saturated heterocycles. The number of carbonyl (C=O) groups is 1. The number of aryl methyl sites for hydroxylation is 1. The SMILES string of the molecule is Cc1ccc(COc2cncc(N3CCO[C@@H](CCC(=O)O)C3)c2)cc1. The van der Waals surface area contributed by atoms with Crippen LogP contribution in [0.3, 0.4) is 0 Å². The average Bonchev–Trinajstić information content (AvgIpc) is 2.66. The molecule has 0 aliphatic carbocycles. The van der Waals surface area contributed by atoms with E-state index in [4.69, 9.17) is 14.6 Å². The van der Waals surface area contributed by atoms with Gasteiger partial charge in [0.2, 0.25) is 0 Å². The smallest absolute Gasteiger partial charge is 0.303 e. The zero-order valence-electron chi connectivity index (χ0n) is 14.9. The van der Waals surface area contributed by atoms with E-state index in [-0.39, 0.29) is 12.5 Å². The van der Waals surface area contributed by atoms with Crippen molar-refractivity contribution in [2.24, 2.45) is 0 Å². The zero-order valence-corrected chi connectivity index (χ0v) is 14.9. The first-order valence-corrected chi connectivity index (χ1v) is 8.82. The highest BCUT2D eigenvalue weighted by molar-refractivity contribution is 5.66. The molecule has 2 heterocycles. The van der Waals surface area contributed by atoms with E-state index in [0.717, 1.165) is 23.5 Å². The van der Waals surface area contributed by atoms with Crippen molar-refractivity contribution in [2.45, 2.75) is 32.5 Å². The van der Waals surface area contributed by atoms with E-state index in [9.17, 15) is 4.79 Å². The van der Waals surface area contributed by atoms with Gasteiger partial charge in [-0.1, -0.05) is 29.8 Å². The fourth-order valence-corrected chi connectivity index (χ4v) is 2.92. The van der Waals surface area contributed by atoms with Gasteiger partial charge >= 0.3 is 5.97 Å². The van der Waals surface area contributed by atoms with Crippen molar-refractivity contribution >= 4 is 11.7 Å². The van der Waals surface area contributed by atoms with Crippen LogP contribution in [0.2, 0.25) is 0 Å². The molecule has 1 aliphatic heterocycles. The third kappa shape index (κ3) is 5.20. The van der Waals surface area contributed by atoms with Crippen molar-refractivity contribution < 1.29 is 19.4 Å². The molecular formula is C20H24N2O4. The van der Waals surface area contributed by atoms with Gasteiger partial charge in [-0.25, -0.2) is 0 Å². The third-order valence-corrected chi connectivity index (χ3v) is 4.41. The van der Waals surface area contributed by atoms with E-state index in [0.29, 0.717) is 26.2 Å². The molecule has 1 fully saturated rings. The Kier molecular flexibility index (Phi) is 6.07. The second-order valence-corrected chi connectivity index (χ2v) is 6.52. The molecule has 0 amide bonds. The lowest BCUT2D eigenvalue weighted by atomic mass is 10.1. The number of pyridine rings is 1. The number of rotatable bonds is 7. The van der Waals surface area contributed by atoms with Crippen molar-refractivity contribution in [3.8, 4) is 5.75 Å². The van der Waals surface area contributed by atoms with Crippen LogP contribution in [0.1, 0.15) is 24.0 Å². The molecule has 0 bridgehead atoms. The van der Waals surface area contributed by atoms with Crippen molar-refractivity contribution in [3.05, 3.63) is 53.9 Å². The Balaban J connectivity index is 1.59. The summed E-state index contributed by atoms with van der Waals surface area (Å²) in [6, 6.07) is 10.2. The number of ether oxygens (including phenoxy) is 2. The van der Waals surface area contributed by atoms with E-state index >= 15 is 0 Å². The normalized spacial score (nSPS) is 17.1. The lowest BCUT2D eigenvalue weighted by Gasteiger charge is -2.34. The quantitative estimate of drug-likeness (QED) is 0.822. The Bertz CT molecular complexity index is 733. The molecule has 1 aromatic carbocycles. The summed E-state index contributed by atoms with van der Waals surface area (Å²) in [6.07, 6.45) is 4.08. The molecule has 6 heteroatoms. The van der Waals surface area contributed by atoms with Gasteiger partial charge in [-0.05, 0) is 18.9 Å². The maximum atomic E-state index is 10.7. The van der Waals surface area contributed by atoms with Gasteiger partial charge in [-0.3, -0.25) is 9.78 Å². The molecule has 2 aromatic rings. The summed E-state index contributed by atoms with van der Waals surface area (Å²) in [5.41, 5.74) is 3.30. The number of nitrogens with zero attached hydrogens (tertiary/aromatic N) is 2. The molecule has 6 nitrogen and oxygen atoms in total. The van der Waals surface area contributed by atoms with Gasteiger partial charge < -0.3 is 19.5 Å². The maximum Gasteiger partial charge on any atom is 0.303 e. The lowest BCUT2D eigenvalue weighted by Crippen LogP contribution is -2.42. The summed E-state index contributed by atoms with van der Waals surface area (Å²) in [5, 5.41) is 8.84. The molecule has 3 rings (SSSR count). The Morgan fingerprint density at radius 1 is 1.35 bits per heavy atom. The molecule has 26 heavy (non-hydrogen) atoms. The summed E-state index contributed by atoms with van der Waals surface area (Å²) in [6.45, 7) is 4.56. The molecule has 1 atom stereocenters. The van der Waals surface area contributed by atoms with Gasteiger partial charge in [-0.15, -0.1) is 0 Å². The fourth-order valence-electron chi connectivity index (χ4n) is 2.92. The van der Waals surface area contributed by atoms with E-state index in [2.05, 4.69) is 41.1 Å². The van der Waals surface area contributed by atoms with Gasteiger partial charge in [0, 0.05) is 25.6 Å². The zero-order chi connectivity index (χ0) is 18.4. The minimum Gasteiger partial charge on any atom is -0.487 e. The Morgan fingerprint density at radius 3 is 2.92 bits per heavy atom. The van der Waals surface area contributed by atoms with Gasteiger partial charge in [0.15, 0.2) is 0 Å². The Hall–Kier alpha value is -2.60. The molecule has 1 aromatic heterocycles. The van der Waals surface area contributed by atoms with Crippen LogP contribution in [0.4, 0.5) is 5.69 Å². The van der Waals surface area contributed by atoms with Crippen LogP contribution in [-0.4, -0.2) is 41.9 Å². The second kappa shape index (κ2) is 8.67. The third-order valence-electron chi connectivity index (χ3n) is 4.41. The summed E-state index contributed by atoms with van der Waals surface area (Å²) in [4.78, 5) is 17.2. The number of hydrogen-bond donors (Lipinski definition) is 1. The second-order valence-electron chi connectivity index (χ2n) is 6.52. The van der Waals surface area contributed by atoms with Crippen LogP contribution >= 0.6 is 0 Å². The van der Waals surface area contributed by atoms with Gasteiger partial charge in [0.25, 0.3) is 0 Å². The predicted molar refractivity (Wildman–Crippen MR) is 98.6 cm³/mol. The first kappa shape index (κ1) is 18.2. The monoisotopic (exact) mass is 356 g/mol. The summed E-state index contributed by atoms with van der Waals surface area (Å²) in [7, 11) is 0. The molecule has 0 radical (unpaired) electrons. The van der Waals surface area contributed by atoms with Crippen LogP contribution in [0, 0.1) is 6.92 Å². The van der Waals surface area contributed by atoms with Crippen LogP contribution in [0.5, 0.6) is 5.75 Å². The van der Waals surface area contributed by atoms with Gasteiger partial charge in [0.1, 0.15) is 12.4 Å². The number of hydrogen-bond acceptors (Lipinski definition) is 5. The number of anilines is 1. The molecule has 1 N–H and O–H groups in total. The van der Waals surface area contributed by atoms with E-state index in [1.54, 1.807) is 12.4 Å². The maximum absolute atomic E-state index is 10.7. The summed E-state index contributed by atoms with van der Waals surface area (Å²) >= 11 is 0. The fraction of sp³-hybridized carbons (Fsp3) is 0.400.